The van der Waals surface area contributed by atoms with Gasteiger partial charge in [-0.3, -0.25) is 4.68 Å². The summed E-state index contributed by atoms with van der Waals surface area (Å²) in [7, 11) is 1.91. The van der Waals surface area contributed by atoms with Crippen LogP contribution in [0, 0.1) is 5.92 Å². The molecule has 30 heavy (non-hydrogen) atoms. The molecule has 0 saturated carbocycles. The van der Waals surface area contributed by atoms with Crippen molar-refractivity contribution in [2.45, 2.75) is 39.2 Å². The first-order chi connectivity index (χ1) is 14.3. The van der Waals surface area contributed by atoms with Crippen LogP contribution in [-0.4, -0.2) is 55.7 Å². The number of carbonyl (C=O) groups is 1. The van der Waals surface area contributed by atoms with Gasteiger partial charge in [-0.25, -0.2) is 14.3 Å². The molecule has 4 heterocycles. The van der Waals surface area contributed by atoms with Crippen molar-refractivity contribution in [1.82, 2.24) is 29.7 Å². The fraction of sp³-hybridized carbons (Fsp3) is 0.524. The van der Waals surface area contributed by atoms with Gasteiger partial charge in [0, 0.05) is 50.2 Å². The molecule has 1 aliphatic heterocycles. The first-order valence-electron chi connectivity index (χ1n) is 10.3. The smallest absolute Gasteiger partial charge is 0.407 e. The van der Waals surface area contributed by atoms with E-state index in [2.05, 4.69) is 31.5 Å². The fourth-order valence-electron chi connectivity index (χ4n) is 3.85. The fourth-order valence-corrected chi connectivity index (χ4v) is 3.85. The monoisotopic (exact) mass is 411 g/mol. The Balaban J connectivity index is 1.48. The van der Waals surface area contributed by atoms with Gasteiger partial charge >= 0.3 is 6.09 Å². The number of hydrogen-bond acceptors (Lipinski definition) is 6. The van der Waals surface area contributed by atoms with Gasteiger partial charge in [0.1, 0.15) is 17.4 Å². The van der Waals surface area contributed by atoms with Crippen LogP contribution in [0.5, 0.6) is 0 Å². The highest BCUT2D eigenvalue weighted by molar-refractivity contribution is 5.77. The Hall–Kier alpha value is -3.10. The summed E-state index contributed by atoms with van der Waals surface area (Å²) in [6.07, 6.45) is 9.18. The van der Waals surface area contributed by atoms with E-state index in [-0.39, 0.29) is 6.09 Å². The molecule has 160 valence electrons. The van der Waals surface area contributed by atoms with Crippen LogP contribution in [0.4, 0.5) is 10.6 Å². The van der Waals surface area contributed by atoms with Crippen molar-refractivity contribution in [3.05, 3.63) is 31.0 Å². The summed E-state index contributed by atoms with van der Waals surface area (Å²) in [6, 6.07) is 2.11. The van der Waals surface area contributed by atoms with E-state index < -0.39 is 5.60 Å². The minimum atomic E-state index is -0.490. The Morgan fingerprint density at radius 1 is 1.27 bits per heavy atom. The maximum atomic E-state index is 12.0. The van der Waals surface area contributed by atoms with Crippen LogP contribution in [0.15, 0.2) is 31.0 Å². The van der Waals surface area contributed by atoms with Crippen LogP contribution in [0.1, 0.15) is 33.6 Å². The lowest BCUT2D eigenvalue weighted by atomic mass is 9.98. The van der Waals surface area contributed by atoms with Gasteiger partial charge < -0.3 is 15.0 Å². The Labute approximate surface area is 176 Å². The van der Waals surface area contributed by atoms with Crippen molar-refractivity contribution in [3.63, 3.8) is 0 Å². The molecule has 0 bridgehead atoms. The standard InChI is InChI=1S/C21H29N7O2/c1-21(2,3)30-20(29)22-9-15-6-5-7-27(11-15)19-18-8-16(13-28(18)25-14-23-19)17-10-24-26(4)12-17/h8,10,12-15H,5-7,9,11H2,1-4H3,(H,22,29). The van der Waals surface area contributed by atoms with Gasteiger partial charge in [0.05, 0.1) is 6.20 Å². The first kappa shape index (κ1) is 20.2. The van der Waals surface area contributed by atoms with Crippen molar-refractivity contribution in [2.75, 3.05) is 24.5 Å². The largest absolute Gasteiger partial charge is 0.444 e. The number of amides is 1. The molecule has 1 aliphatic rings. The van der Waals surface area contributed by atoms with E-state index in [4.69, 9.17) is 4.74 Å². The summed E-state index contributed by atoms with van der Waals surface area (Å²) in [4.78, 5) is 18.9. The normalized spacial score (nSPS) is 17.3. The second-order valence-electron chi connectivity index (χ2n) is 8.88. The highest BCUT2D eigenvalue weighted by Crippen LogP contribution is 2.29. The second kappa shape index (κ2) is 7.97. The molecular weight excluding hydrogens is 382 g/mol. The van der Waals surface area contributed by atoms with Gasteiger partial charge in [-0.05, 0) is 45.6 Å². The minimum Gasteiger partial charge on any atom is -0.444 e. The van der Waals surface area contributed by atoms with Crippen molar-refractivity contribution < 1.29 is 9.53 Å². The minimum absolute atomic E-state index is 0.342. The SMILES string of the molecule is Cn1cc(-c2cc3c(N4CCCC(CNC(=O)OC(C)(C)C)C4)ncnn3c2)cn1. The molecule has 0 spiro atoms. The number of nitrogens with zero attached hydrogens (tertiary/aromatic N) is 6. The zero-order valence-corrected chi connectivity index (χ0v) is 18.0. The lowest BCUT2D eigenvalue weighted by Gasteiger charge is -2.34. The Morgan fingerprint density at radius 3 is 2.83 bits per heavy atom. The molecule has 0 aliphatic carbocycles. The van der Waals surface area contributed by atoms with E-state index in [1.807, 2.05) is 50.9 Å². The van der Waals surface area contributed by atoms with E-state index >= 15 is 0 Å². The molecule has 0 aromatic carbocycles. The van der Waals surface area contributed by atoms with E-state index in [1.54, 1.807) is 11.0 Å². The van der Waals surface area contributed by atoms with Gasteiger partial charge in [-0.1, -0.05) is 0 Å². The van der Waals surface area contributed by atoms with E-state index in [9.17, 15) is 4.79 Å². The van der Waals surface area contributed by atoms with Crippen molar-refractivity contribution in [1.29, 1.82) is 0 Å². The molecule has 1 unspecified atom stereocenters. The zero-order valence-electron chi connectivity index (χ0n) is 18.0. The zero-order chi connectivity index (χ0) is 21.3. The lowest BCUT2D eigenvalue weighted by molar-refractivity contribution is 0.0517. The van der Waals surface area contributed by atoms with Crippen LogP contribution < -0.4 is 10.2 Å². The number of fused-ring (bicyclic) bond motifs is 1. The van der Waals surface area contributed by atoms with Crippen LogP contribution in [0.3, 0.4) is 0 Å². The Bertz CT molecular complexity index is 1030. The summed E-state index contributed by atoms with van der Waals surface area (Å²) in [5.41, 5.74) is 2.59. The number of aromatic nitrogens is 5. The number of piperidine rings is 1. The molecule has 3 aromatic heterocycles. The third-order valence-corrected chi connectivity index (χ3v) is 5.18. The highest BCUT2D eigenvalue weighted by Gasteiger charge is 2.24. The van der Waals surface area contributed by atoms with Gasteiger partial charge in [0.15, 0.2) is 5.82 Å². The summed E-state index contributed by atoms with van der Waals surface area (Å²) < 4.78 is 9.01. The third-order valence-electron chi connectivity index (χ3n) is 5.18. The molecular formula is C21H29N7O2. The number of alkyl carbamates (subject to hydrolysis) is 1. The molecule has 3 aromatic rings. The number of anilines is 1. The van der Waals surface area contributed by atoms with Crippen LogP contribution in [0.2, 0.25) is 0 Å². The highest BCUT2D eigenvalue weighted by atomic mass is 16.6. The predicted octanol–water partition coefficient (Wildman–Crippen LogP) is 2.87. The van der Waals surface area contributed by atoms with Gasteiger partial charge in [-0.15, -0.1) is 0 Å². The van der Waals surface area contributed by atoms with E-state index in [0.717, 1.165) is 48.4 Å². The predicted molar refractivity (Wildman–Crippen MR) is 114 cm³/mol. The number of ether oxygens (including phenoxy) is 1. The Morgan fingerprint density at radius 2 is 2.10 bits per heavy atom. The van der Waals surface area contributed by atoms with Gasteiger partial charge in [0.2, 0.25) is 0 Å². The van der Waals surface area contributed by atoms with Gasteiger partial charge in [0.25, 0.3) is 0 Å². The maximum absolute atomic E-state index is 12.0. The van der Waals surface area contributed by atoms with Crippen molar-refractivity contribution in [3.8, 4) is 11.1 Å². The number of hydrogen-bond donors (Lipinski definition) is 1. The molecule has 1 fully saturated rings. The van der Waals surface area contributed by atoms with Crippen LogP contribution in [0.25, 0.3) is 16.6 Å². The molecule has 4 rings (SSSR count). The molecule has 1 atom stereocenters. The second-order valence-corrected chi connectivity index (χ2v) is 8.88. The molecule has 1 amide bonds. The molecule has 9 nitrogen and oxygen atoms in total. The third kappa shape index (κ3) is 4.55. The number of carbonyl (C=O) groups excluding carboxylic acids is 1. The molecule has 9 heteroatoms. The summed E-state index contributed by atoms with van der Waals surface area (Å²) in [5.74, 6) is 1.26. The number of aryl methyl sites for hydroxylation is 1. The number of nitrogens with one attached hydrogen (secondary N) is 1. The average molecular weight is 412 g/mol. The average Bonchev–Trinajstić information content (AvgIpc) is 3.31. The van der Waals surface area contributed by atoms with Crippen LogP contribution >= 0.6 is 0 Å². The summed E-state index contributed by atoms with van der Waals surface area (Å²) in [6.45, 7) is 7.96. The maximum Gasteiger partial charge on any atom is 0.407 e. The van der Waals surface area contributed by atoms with E-state index in [1.165, 1.54) is 0 Å². The van der Waals surface area contributed by atoms with E-state index in [0.29, 0.717) is 12.5 Å². The molecule has 1 saturated heterocycles. The number of rotatable bonds is 4. The van der Waals surface area contributed by atoms with Crippen molar-refractivity contribution >= 4 is 17.4 Å². The first-order valence-corrected chi connectivity index (χ1v) is 10.3. The summed E-state index contributed by atoms with van der Waals surface area (Å²) >= 11 is 0. The quantitative estimate of drug-likeness (QED) is 0.710. The van der Waals surface area contributed by atoms with Crippen LogP contribution in [-0.2, 0) is 11.8 Å². The summed E-state index contributed by atoms with van der Waals surface area (Å²) in [5, 5.41) is 11.5. The van der Waals surface area contributed by atoms with Gasteiger partial charge in [-0.2, -0.15) is 10.2 Å². The molecule has 0 radical (unpaired) electrons. The lowest BCUT2D eigenvalue weighted by Crippen LogP contribution is -2.42. The Kier molecular flexibility index (Phi) is 5.36. The molecule has 1 N–H and O–H groups in total. The van der Waals surface area contributed by atoms with Crippen molar-refractivity contribution in [2.24, 2.45) is 13.0 Å². The topological polar surface area (TPSA) is 89.6 Å².